The number of ether oxygens (including phenoxy) is 3. The Balaban J connectivity index is 1.32. The SMILES string of the molecule is O=C(Cc1ccc2c(c1)OCO2)N[C@@H](c1ccc2c(c1)CCO2)C1CC(O)C1. The number of hydrogen-bond donors (Lipinski definition) is 2. The summed E-state index contributed by atoms with van der Waals surface area (Å²) in [6.45, 7) is 0.932. The predicted octanol–water partition coefficient (Wildman–Crippen LogP) is 2.52. The molecule has 2 aromatic carbocycles. The molecule has 2 N–H and O–H groups in total. The Bertz CT molecular complexity index is 906. The van der Waals surface area contributed by atoms with Gasteiger partial charge in [0, 0.05) is 6.42 Å². The summed E-state index contributed by atoms with van der Waals surface area (Å²) in [5.74, 6) is 2.54. The smallest absolute Gasteiger partial charge is 0.231 e. The molecule has 1 saturated carbocycles. The number of aliphatic hydroxyl groups is 1. The highest BCUT2D eigenvalue weighted by Crippen LogP contribution is 2.40. The van der Waals surface area contributed by atoms with Gasteiger partial charge in [-0.25, -0.2) is 0 Å². The molecule has 1 amide bonds. The molecule has 0 unspecified atom stereocenters. The lowest BCUT2D eigenvalue weighted by atomic mass is 9.74. The Hall–Kier alpha value is -2.73. The molecule has 2 aliphatic heterocycles. The van der Waals surface area contributed by atoms with Gasteiger partial charge in [-0.15, -0.1) is 0 Å². The van der Waals surface area contributed by atoms with Crippen molar-refractivity contribution in [2.45, 2.75) is 37.8 Å². The van der Waals surface area contributed by atoms with Gasteiger partial charge >= 0.3 is 0 Å². The van der Waals surface area contributed by atoms with E-state index in [2.05, 4.69) is 11.4 Å². The van der Waals surface area contributed by atoms with Crippen molar-refractivity contribution in [3.63, 3.8) is 0 Å². The fourth-order valence-corrected chi connectivity index (χ4v) is 4.24. The molecular weight excluding hydrogens is 358 g/mol. The minimum Gasteiger partial charge on any atom is -0.493 e. The van der Waals surface area contributed by atoms with Gasteiger partial charge in [-0.05, 0) is 59.7 Å². The van der Waals surface area contributed by atoms with Crippen LogP contribution in [0.5, 0.6) is 17.2 Å². The van der Waals surface area contributed by atoms with E-state index in [4.69, 9.17) is 14.2 Å². The van der Waals surface area contributed by atoms with E-state index in [0.29, 0.717) is 30.9 Å². The van der Waals surface area contributed by atoms with Crippen LogP contribution in [0.4, 0.5) is 0 Å². The number of aliphatic hydroxyl groups excluding tert-OH is 1. The third-order valence-corrected chi connectivity index (χ3v) is 5.81. The van der Waals surface area contributed by atoms with Crippen LogP contribution in [-0.2, 0) is 17.6 Å². The summed E-state index contributed by atoms with van der Waals surface area (Å²) in [5, 5.41) is 13.0. The molecule has 146 valence electrons. The molecule has 1 atom stereocenters. The highest BCUT2D eigenvalue weighted by Gasteiger charge is 2.36. The van der Waals surface area contributed by atoms with Gasteiger partial charge in [-0.2, -0.15) is 0 Å². The molecule has 1 aliphatic carbocycles. The molecule has 0 radical (unpaired) electrons. The van der Waals surface area contributed by atoms with E-state index in [0.717, 1.165) is 23.3 Å². The molecular formula is C22H23NO5. The number of rotatable bonds is 5. The van der Waals surface area contributed by atoms with Crippen LogP contribution in [0.1, 0.15) is 35.6 Å². The third-order valence-electron chi connectivity index (χ3n) is 5.81. The highest BCUT2D eigenvalue weighted by molar-refractivity contribution is 5.79. The predicted molar refractivity (Wildman–Crippen MR) is 102 cm³/mol. The van der Waals surface area contributed by atoms with Gasteiger partial charge in [0.25, 0.3) is 0 Å². The lowest BCUT2D eigenvalue weighted by Gasteiger charge is -2.38. The van der Waals surface area contributed by atoms with Crippen LogP contribution in [0.25, 0.3) is 0 Å². The molecule has 2 heterocycles. The number of carbonyl (C=O) groups excluding carboxylic acids is 1. The van der Waals surface area contributed by atoms with Crippen LogP contribution < -0.4 is 19.5 Å². The summed E-state index contributed by atoms with van der Waals surface area (Å²) < 4.78 is 16.3. The second-order valence-electron chi connectivity index (χ2n) is 7.76. The second kappa shape index (κ2) is 7.02. The largest absolute Gasteiger partial charge is 0.493 e. The Labute approximate surface area is 163 Å². The van der Waals surface area contributed by atoms with Crippen molar-refractivity contribution >= 4 is 5.91 Å². The van der Waals surface area contributed by atoms with Gasteiger partial charge in [-0.3, -0.25) is 4.79 Å². The quantitative estimate of drug-likeness (QED) is 0.832. The van der Waals surface area contributed by atoms with Crippen molar-refractivity contribution in [1.82, 2.24) is 5.32 Å². The van der Waals surface area contributed by atoms with Gasteiger partial charge in [0.05, 0.1) is 25.2 Å². The Morgan fingerprint density at radius 2 is 1.89 bits per heavy atom. The van der Waals surface area contributed by atoms with Crippen molar-refractivity contribution in [1.29, 1.82) is 0 Å². The molecule has 0 saturated heterocycles. The molecule has 2 aromatic rings. The molecule has 28 heavy (non-hydrogen) atoms. The molecule has 1 fully saturated rings. The molecule has 0 aromatic heterocycles. The molecule has 0 spiro atoms. The molecule has 0 bridgehead atoms. The normalized spacial score (nSPS) is 22.8. The number of carbonyl (C=O) groups is 1. The van der Waals surface area contributed by atoms with E-state index in [1.165, 1.54) is 5.56 Å². The zero-order valence-electron chi connectivity index (χ0n) is 15.5. The lowest BCUT2D eigenvalue weighted by Crippen LogP contribution is -2.41. The first-order valence-electron chi connectivity index (χ1n) is 9.77. The average molecular weight is 381 g/mol. The van der Waals surface area contributed by atoms with Crippen molar-refractivity contribution in [2.75, 3.05) is 13.4 Å². The zero-order chi connectivity index (χ0) is 19.1. The van der Waals surface area contributed by atoms with Crippen LogP contribution in [0.2, 0.25) is 0 Å². The summed E-state index contributed by atoms with van der Waals surface area (Å²) in [5.41, 5.74) is 3.16. The van der Waals surface area contributed by atoms with E-state index in [-0.39, 0.29) is 37.2 Å². The van der Waals surface area contributed by atoms with Crippen LogP contribution in [-0.4, -0.2) is 30.5 Å². The Kier molecular flexibility index (Phi) is 4.36. The van der Waals surface area contributed by atoms with Crippen LogP contribution in [0.3, 0.4) is 0 Å². The van der Waals surface area contributed by atoms with Crippen LogP contribution in [0, 0.1) is 5.92 Å². The fraction of sp³-hybridized carbons (Fsp3) is 0.409. The molecule has 6 nitrogen and oxygen atoms in total. The number of fused-ring (bicyclic) bond motifs is 2. The first kappa shape index (κ1) is 17.4. The van der Waals surface area contributed by atoms with E-state index in [1.807, 2.05) is 30.3 Å². The van der Waals surface area contributed by atoms with E-state index < -0.39 is 0 Å². The summed E-state index contributed by atoms with van der Waals surface area (Å²) in [4.78, 5) is 12.8. The van der Waals surface area contributed by atoms with Crippen molar-refractivity contribution < 1.29 is 24.1 Å². The zero-order valence-corrected chi connectivity index (χ0v) is 15.5. The molecule has 6 heteroatoms. The third kappa shape index (κ3) is 3.29. The first-order chi connectivity index (χ1) is 13.7. The first-order valence-corrected chi connectivity index (χ1v) is 9.77. The van der Waals surface area contributed by atoms with Crippen LogP contribution >= 0.6 is 0 Å². The Morgan fingerprint density at radius 1 is 1.07 bits per heavy atom. The van der Waals surface area contributed by atoms with Crippen molar-refractivity contribution in [2.24, 2.45) is 5.92 Å². The van der Waals surface area contributed by atoms with Gasteiger partial charge < -0.3 is 24.6 Å². The second-order valence-corrected chi connectivity index (χ2v) is 7.76. The summed E-state index contributed by atoms with van der Waals surface area (Å²) in [7, 11) is 0. The van der Waals surface area contributed by atoms with Gasteiger partial charge in [0.2, 0.25) is 12.7 Å². The molecule has 5 rings (SSSR count). The summed E-state index contributed by atoms with van der Waals surface area (Å²) >= 11 is 0. The topological polar surface area (TPSA) is 77.0 Å². The minimum atomic E-state index is -0.268. The van der Waals surface area contributed by atoms with Crippen molar-refractivity contribution in [3.8, 4) is 17.2 Å². The maximum Gasteiger partial charge on any atom is 0.231 e. The van der Waals surface area contributed by atoms with Crippen molar-refractivity contribution in [3.05, 3.63) is 53.1 Å². The average Bonchev–Trinajstić information content (AvgIpc) is 3.31. The maximum absolute atomic E-state index is 12.8. The standard InChI is InChI=1S/C22H23NO5/c24-17-10-16(11-17)22(15-2-4-18-14(9-15)5-6-26-18)23-21(25)8-13-1-3-19-20(7-13)28-12-27-19/h1-4,7,9,16-17,22,24H,5-6,8,10-12H2,(H,23,25)/t16?,17?,22-/m0/s1. The Morgan fingerprint density at radius 3 is 2.75 bits per heavy atom. The van der Waals surface area contributed by atoms with Gasteiger partial charge in [0.1, 0.15) is 5.75 Å². The maximum atomic E-state index is 12.8. The van der Waals surface area contributed by atoms with Gasteiger partial charge in [0.15, 0.2) is 11.5 Å². The number of hydrogen-bond acceptors (Lipinski definition) is 5. The number of amides is 1. The van der Waals surface area contributed by atoms with Crippen LogP contribution in [0.15, 0.2) is 36.4 Å². The highest BCUT2D eigenvalue weighted by atomic mass is 16.7. The monoisotopic (exact) mass is 381 g/mol. The van der Waals surface area contributed by atoms with E-state index in [1.54, 1.807) is 0 Å². The van der Waals surface area contributed by atoms with Gasteiger partial charge in [-0.1, -0.05) is 12.1 Å². The number of nitrogens with one attached hydrogen (secondary N) is 1. The fourth-order valence-electron chi connectivity index (χ4n) is 4.24. The molecule has 3 aliphatic rings. The summed E-state index contributed by atoms with van der Waals surface area (Å²) in [6, 6.07) is 11.6. The van der Waals surface area contributed by atoms with E-state index >= 15 is 0 Å². The number of benzene rings is 2. The minimum absolute atomic E-state index is 0.0398. The lowest BCUT2D eigenvalue weighted by molar-refractivity contribution is -0.122. The van der Waals surface area contributed by atoms with E-state index in [9.17, 15) is 9.90 Å². The summed E-state index contributed by atoms with van der Waals surface area (Å²) in [6.07, 6.45) is 2.33.